The Hall–Kier alpha value is -2.97. The first-order valence-corrected chi connectivity index (χ1v) is 11.6. The van der Waals surface area contributed by atoms with Gasteiger partial charge in [0.05, 0.1) is 24.4 Å². The van der Waals surface area contributed by atoms with E-state index >= 15 is 0 Å². The van der Waals surface area contributed by atoms with Gasteiger partial charge in [0.25, 0.3) is 0 Å². The van der Waals surface area contributed by atoms with E-state index in [2.05, 4.69) is 9.97 Å². The molecule has 0 aliphatic rings. The average Bonchev–Trinajstić information content (AvgIpc) is 3.06. The summed E-state index contributed by atoms with van der Waals surface area (Å²) >= 11 is 6.17. The Labute approximate surface area is 203 Å². The number of aromatic nitrogens is 3. The van der Waals surface area contributed by atoms with E-state index in [0.29, 0.717) is 47.1 Å². The number of methoxy groups -OCH3 is 1. The third-order valence-corrected chi connectivity index (χ3v) is 5.85. The number of fused-ring (bicyclic) bond motifs is 1. The Kier molecular flexibility index (Phi) is 9.01. The molecule has 0 saturated carbocycles. The van der Waals surface area contributed by atoms with Crippen molar-refractivity contribution >= 4 is 34.4 Å². The van der Waals surface area contributed by atoms with Gasteiger partial charge in [-0.1, -0.05) is 24.6 Å². The Balaban J connectivity index is 1.66. The van der Waals surface area contributed by atoms with E-state index in [1.807, 2.05) is 23.7 Å². The molecular formula is C25H30ClN3O5. The number of ketones is 1. The van der Waals surface area contributed by atoms with Crippen LogP contribution in [0.4, 0.5) is 0 Å². The van der Waals surface area contributed by atoms with Gasteiger partial charge in [0.2, 0.25) is 5.88 Å². The number of halogens is 1. The fourth-order valence-electron chi connectivity index (χ4n) is 4.05. The lowest BCUT2D eigenvalue weighted by atomic mass is 9.94. The van der Waals surface area contributed by atoms with E-state index in [9.17, 15) is 9.59 Å². The summed E-state index contributed by atoms with van der Waals surface area (Å²) in [6, 6.07) is 7.31. The monoisotopic (exact) mass is 487 g/mol. The smallest absolute Gasteiger partial charge is 0.303 e. The van der Waals surface area contributed by atoms with Gasteiger partial charge in [-0.25, -0.2) is 9.97 Å². The van der Waals surface area contributed by atoms with Crippen molar-refractivity contribution in [3.63, 3.8) is 0 Å². The largest absolute Gasteiger partial charge is 0.481 e. The van der Waals surface area contributed by atoms with Gasteiger partial charge in [-0.15, -0.1) is 0 Å². The fraction of sp³-hybridized carbons (Fsp3) is 0.440. The molecule has 0 aromatic carbocycles. The molecule has 34 heavy (non-hydrogen) atoms. The molecule has 3 rings (SSSR count). The Morgan fingerprint density at radius 3 is 2.76 bits per heavy atom. The van der Waals surface area contributed by atoms with Crippen molar-refractivity contribution in [1.29, 1.82) is 0 Å². The second kappa shape index (κ2) is 11.9. The van der Waals surface area contributed by atoms with Crippen LogP contribution in [0.25, 0.3) is 11.0 Å². The first-order valence-electron chi connectivity index (χ1n) is 11.3. The predicted octanol–water partition coefficient (Wildman–Crippen LogP) is 4.85. The molecule has 0 aliphatic carbocycles. The number of carboxylic acids is 1. The zero-order chi connectivity index (χ0) is 24.7. The first-order chi connectivity index (χ1) is 16.3. The van der Waals surface area contributed by atoms with Crippen molar-refractivity contribution in [3.8, 4) is 5.88 Å². The molecule has 0 amide bonds. The second-order valence-electron chi connectivity index (χ2n) is 8.42. The van der Waals surface area contributed by atoms with Gasteiger partial charge in [-0.3, -0.25) is 9.59 Å². The molecule has 3 aromatic heterocycles. The summed E-state index contributed by atoms with van der Waals surface area (Å²) < 4.78 is 12.8. The summed E-state index contributed by atoms with van der Waals surface area (Å²) in [4.78, 5) is 33.0. The number of carbonyl (C=O) groups is 2. The fourth-order valence-corrected chi connectivity index (χ4v) is 4.21. The summed E-state index contributed by atoms with van der Waals surface area (Å²) in [5, 5.41) is 10.2. The Bertz CT molecular complexity index is 1160. The van der Waals surface area contributed by atoms with Crippen LogP contribution in [0.5, 0.6) is 5.88 Å². The summed E-state index contributed by atoms with van der Waals surface area (Å²) in [6.07, 6.45) is 3.96. The molecular weight excluding hydrogens is 458 g/mol. The van der Waals surface area contributed by atoms with E-state index in [0.717, 1.165) is 24.2 Å². The molecule has 0 bridgehead atoms. The zero-order valence-corrected chi connectivity index (χ0v) is 20.5. The van der Waals surface area contributed by atoms with Crippen LogP contribution in [-0.4, -0.2) is 45.1 Å². The highest BCUT2D eigenvalue weighted by molar-refractivity contribution is 6.31. The first kappa shape index (κ1) is 25.6. The van der Waals surface area contributed by atoms with Crippen LogP contribution in [0.15, 0.2) is 30.5 Å². The van der Waals surface area contributed by atoms with E-state index in [4.69, 9.17) is 26.2 Å². The number of ether oxygens (including phenoxy) is 2. The van der Waals surface area contributed by atoms with Crippen molar-refractivity contribution in [2.45, 2.75) is 45.6 Å². The number of aliphatic carboxylic acids is 1. The summed E-state index contributed by atoms with van der Waals surface area (Å²) in [5.74, 6) is -0.703. The van der Waals surface area contributed by atoms with Crippen LogP contribution >= 0.6 is 11.6 Å². The van der Waals surface area contributed by atoms with E-state index in [1.54, 1.807) is 32.4 Å². The predicted molar refractivity (Wildman–Crippen MR) is 129 cm³/mol. The number of carboxylic acid groups (broad SMARTS) is 1. The van der Waals surface area contributed by atoms with E-state index < -0.39 is 5.97 Å². The lowest BCUT2D eigenvalue weighted by Gasteiger charge is -2.11. The number of unbranched alkanes of at least 4 members (excludes halogenated alkanes) is 1. The maximum Gasteiger partial charge on any atom is 0.303 e. The van der Waals surface area contributed by atoms with Crippen LogP contribution in [0.2, 0.25) is 5.02 Å². The van der Waals surface area contributed by atoms with Crippen molar-refractivity contribution in [3.05, 3.63) is 52.4 Å². The number of nitrogens with zero attached hydrogens (tertiary/aromatic N) is 3. The van der Waals surface area contributed by atoms with Crippen LogP contribution < -0.4 is 4.74 Å². The number of pyridine rings is 2. The molecule has 0 saturated heterocycles. The minimum Gasteiger partial charge on any atom is -0.481 e. The van der Waals surface area contributed by atoms with Crippen LogP contribution in [-0.2, 0) is 29.6 Å². The molecule has 0 fully saturated rings. The average molecular weight is 488 g/mol. The van der Waals surface area contributed by atoms with Crippen molar-refractivity contribution in [2.75, 3.05) is 13.7 Å². The maximum absolute atomic E-state index is 13.2. The molecule has 0 aliphatic heterocycles. The van der Waals surface area contributed by atoms with Gasteiger partial charge in [0.15, 0.2) is 5.78 Å². The summed E-state index contributed by atoms with van der Waals surface area (Å²) in [7, 11) is 3.47. The molecule has 9 heteroatoms. The summed E-state index contributed by atoms with van der Waals surface area (Å²) in [6.45, 7) is 2.74. The quantitative estimate of drug-likeness (QED) is 0.271. The van der Waals surface area contributed by atoms with Gasteiger partial charge in [-0.05, 0) is 37.3 Å². The van der Waals surface area contributed by atoms with Crippen molar-refractivity contribution < 1.29 is 24.2 Å². The molecule has 3 heterocycles. The summed E-state index contributed by atoms with van der Waals surface area (Å²) in [5.41, 5.74) is 2.96. The Morgan fingerprint density at radius 2 is 2.03 bits per heavy atom. The zero-order valence-electron chi connectivity index (χ0n) is 19.7. The third kappa shape index (κ3) is 6.55. The van der Waals surface area contributed by atoms with Gasteiger partial charge in [-0.2, -0.15) is 0 Å². The Morgan fingerprint density at radius 1 is 1.24 bits per heavy atom. The van der Waals surface area contributed by atoms with Gasteiger partial charge in [0.1, 0.15) is 5.65 Å². The lowest BCUT2D eigenvalue weighted by Crippen LogP contribution is -2.12. The normalized spacial score (nSPS) is 12.1. The SMILES string of the molecule is COc1cccc(COCCCCc2c(C(=O)CC(C)CC(=O)O)c3cc(Cl)cnc3n2C)n1. The van der Waals surface area contributed by atoms with Gasteiger partial charge >= 0.3 is 5.97 Å². The third-order valence-electron chi connectivity index (χ3n) is 5.64. The highest BCUT2D eigenvalue weighted by Gasteiger charge is 2.24. The minimum absolute atomic E-state index is 0.0513. The number of carbonyl (C=O) groups excluding carboxylic acids is 1. The van der Waals surface area contributed by atoms with Crippen LogP contribution in [0.1, 0.15) is 54.4 Å². The lowest BCUT2D eigenvalue weighted by molar-refractivity contribution is -0.137. The van der Waals surface area contributed by atoms with Gasteiger partial charge in [0, 0.05) is 55.4 Å². The molecule has 3 aromatic rings. The molecule has 0 spiro atoms. The molecule has 8 nitrogen and oxygen atoms in total. The van der Waals surface area contributed by atoms with Crippen molar-refractivity contribution in [2.24, 2.45) is 13.0 Å². The number of hydrogen-bond donors (Lipinski definition) is 1. The molecule has 1 unspecified atom stereocenters. The van der Waals surface area contributed by atoms with Crippen LogP contribution in [0.3, 0.4) is 0 Å². The number of rotatable bonds is 13. The standard InChI is InChI=1S/C25H30ClN3O5/c1-16(12-23(31)32)11-21(30)24-19-13-17(26)14-27-25(19)29(2)20(24)8-4-5-10-34-15-18-7-6-9-22(28-18)33-3/h6-7,9,13-14,16H,4-5,8,10-12,15H2,1-3H3,(H,31,32). The van der Waals surface area contributed by atoms with Crippen LogP contribution in [0, 0.1) is 5.92 Å². The molecule has 182 valence electrons. The number of aryl methyl sites for hydroxylation is 1. The number of hydrogen-bond acceptors (Lipinski definition) is 6. The second-order valence-corrected chi connectivity index (χ2v) is 8.85. The van der Waals surface area contributed by atoms with Gasteiger partial charge < -0.3 is 19.1 Å². The van der Waals surface area contributed by atoms with E-state index in [-0.39, 0.29) is 24.5 Å². The van der Waals surface area contributed by atoms with Crippen molar-refractivity contribution in [1.82, 2.24) is 14.5 Å². The highest BCUT2D eigenvalue weighted by atomic mass is 35.5. The highest BCUT2D eigenvalue weighted by Crippen LogP contribution is 2.30. The molecule has 0 radical (unpaired) electrons. The topological polar surface area (TPSA) is 104 Å². The minimum atomic E-state index is -0.910. The maximum atomic E-state index is 13.2. The number of Topliss-reactive ketones (excluding diaryl/α,β-unsaturated/α-hetero) is 1. The van der Waals surface area contributed by atoms with E-state index in [1.165, 1.54) is 0 Å². The molecule has 1 atom stereocenters. The molecule has 1 N–H and O–H groups in total.